The van der Waals surface area contributed by atoms with Crippen molar-refractivity contribution in [3.05, 3.63) is 77.4 Å². The molecular formula is C23H21N. The van der Waals surface area contributed by atoms with Crippen LogP contribution in [0, 0.1) is 0 Å². The van der Waals surface area contributed by atoms with E-state index in [-0.39, 0.29) is 0 Å². The van der Waals surface area contributed by atoms with Gasteiger partial charge in [0.15, 0.2) is 0 Å². The molecule has 1 aliphatic rings. The van der Waals surface area contributed by atoms with Gasteiger partial charge in [0, 0.05) is 11.3 Å². The molecule has 1 nitrogen and oxygen atoms in total. The maximum Gasteiger partial charge on any atom is 0.0435 e. The molecule has 1 aliphatic carbocycles. The fourth-order valence-electron chi connectivity index (χ4n) is 3.55. The highest BCUT2D eigenvalue weighted by Crippen LogP contribution is 2.38. The van der Waals surface area contributed by atoms with E-state index in [1.807, 2.05) is 0 Å². The Kier molecular flexibility index (Phi) is 3.70. The summed E-state index contributed by atoms with van der Waals surface area (Å²) in [6.07, 6.45) is 10.8. The van der Waals surface area contributed by atoms with E-state index < -0.39 is 0 Å². The van der Waals surface area contributed by atoms with Gasteiger partial charge in [-0.3, -0.25) is 0 Å². The summed E-state index contributed by atoms with van der Waals surface area (Å²) < 4.78 is 0. The molecule has 0 saturated heterocycles. The van der Waals surface area contributed by atoms with E-state index in [2.05, 4.69) is 79.8 Å². The summed E-state index contributed by atoms with van der Waals surface area (Å²) in [5.74, 6) is 0. The lowest BCUT2D eigenvalue weighted by molar-refractivity contribution is 1.23. The Balaban J connectivity index is 1.99. The first-order valence-corrected chi connectivity index (χ1v) is 8.56. The van der Waals surface area contributed by atoms with Crippen LogP contribution in [-0.4, -0.2) is 0 Å². The van der Waals surface area contributed by atoms with E-state index in [0.717, 1.165) is 24.1 Å². The molecule has 1 heteroatoms. The molecule has 0 radical (unpaired) electrons. The molecule has 0 atom stereocenters. The second-order valence-corrected chi connectivity index (χ2v) is 6.26. The second-order valence-electron chi connectivity index (χ2n) is 6.26. The Morgan fingerprint density at radius 3 is 2.71 bits per heavy atom. The van der Waals surface area contributed by atoms with Gasteiger partial charge in [0.25, 0.3) is 0 Å². The first-order chi connectivity index (χ1) is 11.8. The Labute approximate surface area is 143 Å². The number of hydrogen-bond donors (Lipinski definition) is 1. The van der Waals surface area contributed by atoms with Crippen LogP contribution in [0.5, 0.6) is 0 Å². The van der Waals surface area contributed by atoms with Gasteiger partial charge in [0.1, 0.15) is 0 Å². The zero-order chi connectivity index (χ0) is 16.5. The lowest BCUT2D eigenvalue weighted by Gasteiger charge is -2.15. The number of fused-ring (bicyclic) bond motifs is 2. The van der Waals surface area contributed by atoms with Crippen molar-refractivity contribution in [2.24, 2.45) is 0 Å². The smallest absolute Gasteiger partial charge is 0.0435 e. The van der Waals surface area contributed by atoms with Gasteiger partial charge in [-0.25, -0.2) is 0 Å². The van der Waals surface area contributed by atoms with Crippen molar-refractivity contribution in [3.8, 4) is 11.1 Å². The third-order valence-electron chi connectivity index (χ3n) is 4.79. The molecule has 3 aromatic rings. The number of nitrogen functional groups attached to an aromatic ring is 1. The Bertz CT molecular complexity index is 977. The predicted octanol–water partition coefficient (Wildman–Crippen LogP) is 6.08. The summed E-state index contributed by atoms with van der Waals surface area (Å²) >= 11 is 0. The van der Waals surface area contributed by atoms with Gasteiger partial charge in [-0.05, 0) is 45.9 Å². The molecular weight excluding hydrogens is 290 g/mol. The summed E-state index contributed by atoms with van der Waals surface area (Å²) in [6, 6.07) is 17.3. The first kappa shape index (κ1) is 14.8. The van der Waals surface area contributed by atoms with Crippen LogP contribution < -0.4 is 5.73 Å². The van der Waals surface area contributed by atoms with Gasteiger partial charge in [0.05, 0.1) is 0 Å². The monoisotopic (exact) mass is 311 g/mol. The fraction of sp³-hybridized carbons (Fsp3) is 0.130. The number of allylic oxidation sites excluding steroid dienone is 2. The van der Waals surface area contributed by atoms with Crippen molar-refractivity contribution in [2.75, 3.05) is 5.73 Å². The summed E-state index contributed by atoms with van der Waals surface area (Å²) in [7, 11) is 0. The number of nitrogens with two attached hydrogens (primary N) is 1. The van der Waals surface area contributed by atoms with Crippen molar-refractivity contribution in [1.82, 2.24) is 0 Å². The van der Waals surface area contributed by atoms with E-state index >= 15 is 0 Å². The molecule has 0 saturated carbocycles. The molecule has 0 heterocycles. The van der Waals surface area contributed by atoms with Crippen molar-refractivity contribution in [2.45, 2.75) is 19.8 Å². The van der Waals surface area contributed by atoms with Gasteiger partial charge in [0.2, 0.25) is 0 Å². The number of hydrogen-bond acceptors (Lipinski definition) is 1. The minimum Gasteiger partial charge on any atom is -0.398 e. The number of rotatable bonds is 3. The molecule has 0 fully saturated rings. The Morgan fingerprint density at radius 1 is 1.00 bits per heavy atom. The van der Waals surface area contributed by atoms with E-state index in [0.29, 0.717) is 0 Å². The lowest BCUT2D eigenvalue weighted by atomic mass is 9.90. The summed E-state index contributed by atoms with van der Waals surface area (Å²) in [4.78, 5) is 0. The van der Waals surface area contributed by atoms with Crippen LogP contribution in [0.15, 0.2) is 60.7 Å². The zero-order valence-corrected chi connectivity index (χ0v) is 13.9. The first-order valence-electron chi connectivity index (χ1n) is 8.56. The fourth-order valence-corrected chi connectivity index (χ4v) is 3.55. The van der Waals surface area contributed by atoms with Crippen molar-refractivity contribution >= 4 is 28.6 Å². The van der Waals surface area contributed by atoms with E-state index in [1.54, 1.807) is 0 Å². The molecule has 0 aromatic heterocycles. The third kappa shape index (κ3) is 2.33. The van der Waals surface area contributed by atoms with Crippen LogP contribution in [0.25, 0.3) is 34.1 Å². The Hall–Kier alpha value is -2.80. The molecule has 0 aliphatic heterocycles. The van der Waals surface area contributed by atoms with Crippen LogP contribution in [0.2, 0.25) is 0 Å². The van der Waals surface area contributed by atoms with Gasteiger partial charge < -0.3 is 5.73 Å². The maximum absolute atomic E-state index is 6.54. The molecule has 0 amide bonds. The SMILES string of the molecule is CC/C=C\c1c(-c2ccc3c(c2N)CC=C3)ccc2ccccc12. The molecule has 0 spiro atoms. The number of anilines is 1. The van der Waals surface area contributed by atoms with E-state index in [9.17, 15) is 0 Å². The zero-order valence-electron chi connectivity index (χ0n) is 13.9. The topological polar surface area (TPSA) is 26.0 Å². The molecule has 118 valence electrons. The largest absolute Gasteiger partial charge is 0.398 e. The number of benzene rings is 3. The summed E-state index contributed by atoms with van der Waals surface area (Å²) in [6.45, 7) is 2.16. The van der Waals surface area contributed by atoms with Crippen molar-refractivity contribution < 1.29 is 0 Å². The van der Waals surface area contributed by atoms with E-state index in [4.69, 9.17) is 5.73 Å². The molecule has 24 heavy (non-hydrogen) atoms. The van der Waals surface area contributed by atoms with Gasteiger partial charge >= 0.3 is 0 Å². The normalized spacial score (nSPS) is 13.0. The van der Waals surface area contributed by atoms with E-state index in [1.165, 1.54) is 33.0 Å². The van der Waals surface area contributed by atoms with Gasteiger partial charge in [-0.15, -0.1) is 0 Å². The molecule has 2 N–H and O–H groups in total. The minimum absolute atomic E-state index is 0.916. The van der Waals surface area contributed by atoms with Crippen LogP contribution >= 0.6 is 0 Å². The highest BCUT2D eigenvalue weighted by molar-refractivity contribution is 5.99. The average Bonchev–Trinajstić information content (AvgIpc) is 3.10. The minimum atomic E-state index is 0.916. The third-order valence-corrected chi connectivity index (χ3v) is 4.79. The van der Waals surface area contributed by atoms with Crippen molar-refractivity contribution in [3.63, 3.8) is 0 Å². The van der Waals surface area contributed by atoms with Gasteiger partial charge in [-0.2, -0.15) is 0 Å². The highest BCUT2D eigenvalue weighted by Gasteiger charge is 2.15. The van der Waals surface area contributed by atoms with Crippen LogP contribution in [0.1, 0.15) is 30.0 Å². The van der Waals surface area contributed by atoms with Crippen LogP contribution in [0.4, 0.5) is 5.69 Å². The molecule has 3 aromatic carbocycles. The Morgan fingerprint density at radius 2 is 1.83 bits per heavy atom. The molecule has 0 bridgehead atoms. The van der Waals surface area contributed by atoms with Crippen LogP contribution in [-0.2, 0) is 6.42 Å². The second kappa shape index (κ2) is 6.01. The quantitative estimate of drug-likeness (QED) is 0.583. The summed E-state index contributed by atoms with van der Waals surface area (Å²) in [5, 5.41) is 2.54. The average molecular weight is 311 g/mol. The highest BCUT2D eigenvalue weighted by atomic mass is 14.6. The predicted molar refractivity (Wildman–Crippen MR) is 106 cm³/mol. The maximum atomic E-state index is 6.54. The van der Waals surface area contributed by atoms with Crippen molar-refractivity contribution in [1.29, 1.82) is 0 Å². The summed E-state index contributed by atoms with van der Waals surface area (Å²) in [5.41, 5.74) is 13.6. The standard InChI is InChI=1S/C23H21N/c1-2-3-9-20-18-10-5-4-7-16(18)12-14-21(20)22-15-13-17-8-6-11-19(17)23(22)24/h3-10,12-15H,2,11,24H2,1H3/b9-3-. The van der Waals surface area contributed by atoms with Crippen LogP contribution in [0.3, 0.4) is 0 Å². The lowest BCUT2D eigenvalue weighted by Crippen LogP contribution is -1.98. The molecule has 0 unspecified atom stereocenters. The molecule has 4 rings (SSSR count). The van der Waals surface area contributed by atoms with Gasteiger partial charge in [-0.1, -0.05) is 79.8 Å².